The summed E-state index contributed by atoms with van der Waals surface area (Å²) >= 11 is 0. The van der Waals surface area contributed by atoms with Crippen LogP contribution in [0.5, 0.6) is 0 Å². The summed E-state index contributed by atoms with van der Waals surface area (Å²) < 4.78 is 0. The molecule has 0 fully saturated rings. The first-order chi connectivity index (χ1) is 8.45. The van der Waals surface area contributed by atoms with Gasteiger partial charge in [0.15, 0.2) is 0 Å². The van der Waals surface area contributed by atoms with E-state index in [1.165, 1.54) is 19.1 Å². The second kappa shape index (κ2) is 5.97. The Morgan fingerprint density at radius 2 is 2.22 bits per heavy atom. The maximum Gasteiger partial charge on any atom is 0.271 e. The number of non-ortho nitro benzene ring substituents is 1. The van der Waals surface area contributed by atoms with Crippen LogP contribution < -0.4 is 10.2 Å². The molecule has 0 aliphatic carbocycles. The van der Waals surface area contributed by atoms with Gasteiger partial charge in [-0.3, -0.25) is 14.9 Å². The largest absolute Gasteiger partial charge is 0.395 e. The Morgan fingerprint density at radius 1 is 1.56 bits per heavy atom. The number of nitro benzene ring substituents is 1. The lowest BCUT2D eigenvalue weighted by Gasteiger charge is -2.21. The van der Waals surface area contributed by atoms with E-state index < -0.39 is 4.92 Å². The number of carbonyl (C=O) groups excluding carboxylic acids is 1. The number of carbonyl (C=O) groups is 1. The zero-order valence-electron chi connectivity index (χ0n) is 10.2. The van der Waals surface area contributed by atoms with Crippen LogP contribution in [-0.2, 0) is 4.79 Å². The van der Waals surface area contributed by atoms with Gasteiger partial charge in [-0.1, -0.05) is 0 Å². The number of nitro groups is 1. The lowest BCUT2D eigenvalue weighted by molar-refractivity contribution is -0.384. The lowest BCUT2D eigenvalue weighted by Crippen LogP contribution is -2.23. The third-order valence-corrected chi connectivity index (χ3v) is 2.35. The molecule has 0 aromatic heterocycles. The van der Waals surface area contributed by atoms with E-state index in [1.807, 2.05) is 0 Å². The van der Waals surface area contributed by atoms with Gasteiger partial charge in [0.1, 0.15) is 0 Å². The van der Waals surface area contributed by atoms with Crippen LogP contribution in [0.15, 0.2) is 18.2 Å². The van der Waals surface area contributed by atoms with Crippen LogP contribution in [0.1, 0.15) is 6.92 Å². The Labute approximate surface area is 104 Å². The van der Waals surface area contributed by atoms with Crippen molar-refractivity contribution >= 4 is 23.0 Å². The molecule has 0 unspecified atom stereocenters. The fourth-order valence-corrected chi connectivity index (χ4v) is 1.53. The molecular formula is C11H15N3O4. The molecule has 98 valence electrons. The van der Waals surface area contributed by atoms with Gasteiger partial charge in [-0.2, -0.15) is 0 Å². The number of hydrogen-bond donors (Lipinski definition) is 2. The van der Waals surface area contributed by atoms with E-state index in [0.29, 0.717) is 17.9 Å². The van der Waals surface area contributed by atoms with Crippen LogP contribution in [-0.4, -0.2) is 36.1 Å². The average molecular weight is 253 g/mol. The number of likely N-dealkylation sites (N-methyl/N-ethyl adjacent to an activating group) is 1. The molecule has 0 aliphatic heterocycles. The van der Waals surface area contributed by atoms with Crippen molar-refractivity contribution in [2.45, 2.75) is 6.92 Å². The van der Waals surface area contributed by atoms with Crippen molar-refractivity contribution in [1.29, 1.82) is 0 Å². The topological polar surface area (TPSA) is 95.7 Å². The Balaban J connectivity index is 3.15. The summed E-state index contributed by atoms with van der Waals surface area (Å²) in [5, 5.41) is 22.1. The average Bonchev–Trinajstić information content (AvgIpc) is 2.28. The highest BCUT2D eigenvalue weighted by Crippen LogP contribution is 2.29. The Bertz CT molecular complexity index is 462. The van der Waals surface area contributed by atoms with Gasteiger partial charge in [-0.15, -0.1) is 0 Å². The molecule has 1 aromatic carbocycles. The SMILES string of the molecule is CC(=O)Nc1cc([N+](=O)[O-])ccc1N(C)CCO. The standard InChI is InChI=1S/C11H15N3O4/c1-8(16)12-10-7-9(14(17)18)3-4-11(10)13(2)5-6-15/h3-4,7,15H,5-6H2,1-2H3,(H,12,16). The first-order valence-electron chi connectivity index (χ1n) is 5.33. The zero-order chi connectivity index (χ0) is 13.7. The van der Waals surface area contributed by atoms with Crippen LogP contribution in [0.2, 0.25) is 0 Å². The summed E-state index contributed by atoms with van der Waals surface area (Å²) in [5.74, 6) is -0.311. The lowest BCUT2D eigenvalue weighted by atomic mass is 10.2. The molecule has 7 nitrogen and oxygen atoms in total. The van der Waals surface area contributed by atoms with E-state index in [9.17, 15) is 14.9 Å². The van der Waals surface area contributed by atoms with E-state index in [1.54, 1.807) is 18.0 Å². The van der Waals surface area contributed by atoms with Crippen LogP contribution in [0.4, 0.5) is 17.1 Å². The smallest absolute Gasteiger partial charge is 0.271 e. The van der Waals surface area contributed by atoms with Crippen molar-refractivity contribution in [1.82, 2.24) is 0 Å². The maximum absolute atomic E-state index is 11.1. The van der Waals surface area contributed by atoms with Gasteiger partial charge >= 0.3 is 0 Å². The number of aliphatic hydroxyl groups excluding tert-OH is 1. The molecule has 0 aliphatic rings. The number of nitrogens with one attached hydrogen (secondary N) is 1. The highest BCUT2D eigenvalue weighted by molar-refractivity contribution is 5.93. The third kappa shape index (κ3) is 3.42. The normalized spacial score (nSPS) is 9.94. The summed E-state index contributed by atoms with van der Waals surface area (Å²) in [7, 11) is 1.72. The minimum absolute atomic E-state index is 0.0486. The zero-order valence-corrected chi connectivity index (χ0v) is 10.2. The second-order valence-corrected chi connectivity index (χ2v) is 3.78. The highest BCUT2D eigenvalue weighted by atomic mass is 16.6. The first-order valence-corrected chi connectivity index (χ1v) is 5.33. The number of benzene rings is 1. The monoisotopic (exact) mass is 253 g/mol. The fourth-order valence-electron chi connectivity index (χ4n) is 1.53. The van der Waals surface area contributed by atoms with E-state index in [4.69, 9.17) is 5.11 Å². The Morgan fingerprint density at radius 3 is 2.72 bits per heavy atom. The van der Waals surface area contributed by atoms with Gasteiger partial charge in [-0.05, 0) is 6.07 Å². The Kier molecular flexibility index (Phi) is 4.61. The van der Waals surface area contributed by atoms with Crippen molar-refractivity contribution in [3.05, 3.63) is 28.3 Å². The predicted octanol–water partition coefficient (Wildman–Crippen LogP) is 0.982. The Hall–Kier alpha value is -2.15. The number of hydrogen-bond acceptors (Lipinski definition) is 5. The van der Waals surface area contributed by atoms with Crippen molar-refractivity contribution in [3.63, 3.8) is 0 Å². The minimum atomic E-state index is -0.527. The minimum Gasteiger partial charge on any atom is -0.395 e. The predicted molar refractivity (Wildman–Crippen MR) is 67.8 cm³/mol. The first kappa shape index (κ1) is 13.9. The van der Waals surface area contributed by atoms with Gasteiger partial charge < -0.3 is 15.3 Å². The number of aliphatic hydroxyl groups is 1. The number of nitrogens with zero attached hydrogens (tertiary/aromatic N) is 2. The molecule has 1 rings (SSSR count). The second-order valence-electron chi connectivity index (χ2n) is 3.78. The van der Waals surface area contributed by atoms with Crippen LogP contribution >= 0.6 is 0 Å². The molecule has 0 saturated carbocycles. The molecule has 0 saturated heterocycles. The molecule has 0 bridgehead atoms. The summed E-state index contributed by atoms with van der Waals surface area (Å²) in [6.07, 6.45) is 0. The summed E-state index contributed by atoms with van der Waals surface area (Å²) in [5.41, 5.74) is 0.873. The number of rotatable bonds is 5. The summed E-state index contributed by atoms with van der Waals surface area (Å²) in [4.78, 5) is 22.9. The molecule has 18 heavy (non-hydrogen) atoms. The van der Waals surface area contributed by atoms with Gasteiger partial charge in [-0.25, -0.2) is 0 Å². The molecule has 2 N–H and O–H groups in total. The van der Waals surface area contributed by atoms with Crippen LogP contribution in [0, 0.1) is 10.1 Å². The van der Waals surface area contributed by atoms with Crippen molar-refractivity contribution in [2.75, 3.05) is 30.4 Å². The molecule has 0 heterocycles. The summed E-state index contributed by atoms with van der Waals surface area (Å²) in [6, 6.07) is 4.19. The summed E-state index contributed by atoms with van der Waals surface area (Å²) in [6.45, 7) is 1.64. The van der Waals surface area contributed by atoms with Crippen LogP contribution in [0.3, 0.4) is 0 Å². The van der Waals surface area contributed by atoms with Gasteiger partial charge in [0.2, 0.25) is 5.91 Å². The van der Waals surface area contributed by atoms with Crippen molar-refractivity contribution in [3.8, 4) is 0 Å². The molecule has 0 atom stereocenters. The van der Waals surface area contributed by atoms with Crippen LogP contribution in [0.25, 0.3) is 0 Å². The van der Waals surface area contributed by atoms with E-state index in [2.05, 4.69) is 5.32 Å². The quantitative estimate of drug-likeness (QED) is 0.602. The van der Waals surface area contributed by atoms with Gasteiger partial charge in [0.05, 0.1) is 22.9 Å². The molecule has 1 aromatic rings. The number of anilines is 2. The van der Waals surface area contributed by atoms with Crippen molar-refractivity contribution in [2.24, 2.45) is 0 Å². The molecule has 7 heteroatoms. The molecular weight excluding hydrogens is 238 g/mol. The third-order valence-electron chi connectivity index (χ3n) is 2.35. The molecule has 0 spiro atoms. The van der Waals surface area contributed by atoms with E-state index >= 15 is 0 Å². The highest BCUT2D eigenvalue weighted by Gasteiger charge is 2.14. The van der Waals surface area contributed by atoms with E-state index in [-0.39, 0.29) is 18.2 Å². The fraction of sp³-hybridized carbons (Fsp3) is 0.364. The number of amides is 1. The molecule has 1 amide bonds. The van der Waals surface area contributed by atoms with E-state index in [0.717, 1.165) is 0 Å². The molecule has 0 radical (unpaired) electrons. The van der Waals surface area contributed by atoms with Crippen molar-refractivity contribution < 1.29 is 14.8 Å². The van der Waals surface area contributed by atoms with Gasteiger partial charge in [0, 0.05) is 32.6 Å². The maximum atomic E-state index is 11.1. The van der Waals surface area contributed by atoms with Gasteiger partial charge in [0.25, 0.3) is 5.69 Å².